The van der Waals surface area contributed by atoms with E-state index < -0.39 is 35.4 Å². The second-order valence-electron chi connectivity index (χ2n) is 10.1. The Hall–Kier alpha value is -2.27. The highest BCUT2D eigenvalue weighted by Crippen LogP contribution is 2.32. The average molecular weight is 531 g/mol. The van der Waals surface area contributed by atoms with E-state index in [9.17, 15) is 29.0 Å². The van der Waals surface area contributed by atoms with Gasteiger partial charge < -0.3 is 26.6 Å². The number of piperazine rings is 1. The number of carboxylic acid groups (broad SMARTS) is 1. The minimum absolute atomic E-state index is 0.0206. The van der Waals surface area contributed by atoms with Crippen LogP contribution in [0.1, 0.15) is 53.9 Å². The van der Waals surface area contributed by atoms with Crippen LogP contribution in [0.15, 0.2) is 18.2 Å². The van der Waals surface area contributed by atoms with E-state index in [2.05, 4.69) is 0 Å². The molecule has 1 aliphatic heterocycles. The number of rotatable bonds is 10. The van der Waals surface area contributed by atoms with Crippen molar-refractivity contribution in [1.29, 1.82) is 0 Å². The van der Waals surface area contributed by atoms with Gasteiger partial charge in [0.15, 0.2) is 0 Å². The summed E-state index contributed by atoms with van der Waals surface area (Å²) in [6, 6.07) is 3.17. The minimum Gasteiger partial charge on any atom is -0.481 e. The molecular weight excluding hydrogens is 491 g/mol. The molecule has 1 heterocycles. The molecule has 0 aromatic heterocycles. The van der Waals surface area contributed by atoms with Gasteiger partial charge in [-0.1, -0.05) is 32.4 Å². The first-order chi connectivity index (χ1) is 16.6. The quantitative estimate of drug-likeness (QED) is 0.363. The van der Waals surface area contributed by atoms with E-state index in [1.165, 1.54) is 23.1 Å². The lowest BCUT2D eigenvalue weighted by molar-refractivity contribution is -0.144. The molecule has 1 aliphatic rings. The molecule has 2 rings (SSSR count). The van der Waals surface area contributed by atoms with Gasteiger partial charge in [-0.15, -0.1) is 0 Å². The first-order valence-electron chi connectivity index (χ1n) is 12.1. The van der Waals surface area contributed by atoms with Gasteiger partial charge in [-0.05, 0) is 50.8 Å². The molecule has 9 nitrogen and oxygen atoms in total. The lowest BCUT2D eigenvalue weighted by Crippen LogP contribution is -2.64. The van der Waals surface area contributed by atoms with Crippen LogP contribution in [0.25, 0.3) is 0 Å². The van der Waals surface area contributed by atoms with Crippen LogP contribution in [-0.4, -0.2) is 70.2 Å². The maximum atomic E-state index is 13.7. The van der Waals surface area contributed by atoms with Crippen LogP contribution in [0.5, 0.6) is 0 Å². The Morgan fingerprint density at radius 3 is 2.36 bits per heavy atom. The van der Waals surface area contributed by atoms with E-state index in [-0.39, 0.29) is 48.8 Å². The van der Waals surface area contributed by atoms with Crippen molar-refractivity contribution in [3.63, 3.8) is 0 Å². The van der Waals surface area contributed by atoms with Crippen molar-refractivity contribution in [2.24, 2.45) is 23.3 Å². The molecule has 3 atom stereocenters. The third-order valence-electron chi connectivity index (χ3n) is 6.27. The predicted octanol–water partition coefficient (Wildman–Crippen LogP) is 2.61. The molecule has 1 fully saturated rings. The minimum atomic E-state index is -1.02. The summed E-state index contributed by atoms with van der Waals surface area (Å²) in [5.41, 5.74) is 10.7. The van der Waals surface area contributed by atoms with E-state index in [1.54, 1.807) is 13.8 Å². The lowest BCUT2D eigenvalue weighted by Gasteiger charge is -2.47. The summed E-state index contributed by atoms with van der Waals surface area (Å²) in [6.45, 7) is 9.85. The Labute approximate surface area is 217 Å². The van der Waals surface area contributed by atoms with E-state index >= 15 is 0 Å². The fraction of sp³-hybridized carbons (Fsp3) is 0.640. The number of benzene rings is 1. The second-order valence-corrected chi connectivity index (χ2v) is 10.5. The van der Waals surface area contributed by atoms with E-state index in [4.69, 9.17) is 23.1 Å². The molecule has 0 bridgehead atoms. The van der Waals surface area contributed by atoms with Crippen LogP contribution >= 0.6 is 11.6 Å². The molecule has 6 N–H and O–H groups in total. The average Bonchev–Trinajstić information content (AvgIpc) is 2.75. The molecule has 204 valence electrons. The van der Waals surface area contributed by atoms with Gasteiger partial charge in [0.2, 0.25) is 11.8 Å². The molecule has 0 radical (unpaired) electrons. The Morgan fingerprint density at radius 1 is 1.28 bits per heavy atom. The number of carboxylic acids is 1. The molecule has 2 amide bonds. The molecule has 1 saturated heterocycles. The van der Waals surface area contributed by atoms with Gasteiger partial charge in [0.1, 0.15) is 5.82 Å². The van der Waals surface area contributed by atoms with Gasteiger partial charge in [0.25, 0.3) is 0 Å². The Kier molecular flexibility index (Phi) is 12.2. The monoisotopic (exact) mass is 530 g/mol. The van der Waals surface area contributed by atoms with Gasteiger partial charge in [-0.3, -0.25) is 19.3 Å². The number of nitrogens with zero attached hydrogens (tertiary/aromatic N) is 2. The number of halogens is 2. The number of hydrogen-bond donors (Lipinski definition) is 4. The molecule has 1 aromatic rings. The van der Waals surface area contributed by atoms with Crippen LogP contribution in [-0.2, 0) is 14.4 Å². The first-order valence-corrected chi connectivity index (χ1v) is 12.4. The van der Waals surface area contributed by atoms with Crippen molar-refractivity contribution in [2.45, 2.75) is 71.6 Å². The van der Waals surface area contributed by atoms with Crippen molar-refractivity contribution in [2.75, 3.05) is 24.5 Å². The summed E-state index contributed by atoms with van der Waals surface area (Å²) in [6.07, 6.45) is 0.395. The predicted molar refractivity (Wildman–Crippen MR) is 138 cm³/mol. The van der Waals surface area contributed by atoms with Crippen molar-refractivity contribution in [1.82, 2.24) is 4.90 Å². The van der Waals surface area contributed by atoms with Crippen LogP contribution in [0.3, 0.4) is 0 Å². The van der Waals surface area contributed by atoms with Gasteiger partial charge in [0, 0.05) is 31.1 Å². The second kappa shape index (κ2) is 13.9. The van der Waals surface area contributed by atoms with Crippen molar-refractivity contribution < 1.29 is 29.0 Å². The van der Waals surface area contributed by atoms with Crippen molar-refractivity contribution in [3.05, 3.63) is 29.0 Å². The molecule has 0 saturated carbocycles. The zero-order valence-corrected chi connectivity index (χ0v) is 22.5. The van der Waals surface area contributed by atoms with E-state index in [0.717, 1.165) is 6.42 Å². The van der Waals surface area contributed by atoms with Gasteiger partial charge >= 0.3 is 5.97 Å². The Bertz CT molecular complexity index is 914. The zero-order chi connectivity index (χ0) is 27.8. The number of anilines is 1. The third kappa shape index (κ3) is 9.31. The van der Waals surface area contributed by atoms with Crippen molar-refractivity contribution >= 4 is 35.1 Å². The number of carbonyl (C=O) groups is 3. The number of primary amides is 1. The first kappa shape index (κ1) is 31.8. The molecule has 11 heteroatoms. The number of aliphatic hydroxyl groups excluding tert-OH is 1. The fourth-order valence-electron chi connectivity index (χ4n) is 3.98. The topological polar surface area (TPSA) is 150 Å². The number of nitrogens with two attached hydrogens (primary N) is 2. The summed E-state index contributed by atoms with van der Waals surface area (Å²) in [7, 11) is 0. The van der Waals surface area contributed by atoms with Crippen molar-refractivity contribution in [3.8, 4) is 0 Å². The number of hydrogen-bond acceptors (Lipinski definition) is 6. The fourth-order valence-corrected chi connectivity index (χ4v) is 4.20. The van der Waals surface area contributed by atoms with Crippen LogP contribution < -0.4 is 16.4 Å². The summed E-state index contributed by atoms with van der Waals surface area (Å²) in [5.74, 6) is -2.75. The maximum Gasteiger partial charge on any atom is 0.306 e. The summed E-state index contributed by atoms with van der Waals surface area (Å²) in [4.78, 5) is 37.3. The molecule has 0 spiro atoms. The number of carbonyl (C=O) groups excluding carboxylic acids is 2. The smallest absolute Gasteiger partial charge is 0.306 e. The maximum absolute atomic E-state index is 13.7. The number of amides is 2. The Balaban J connectivity index is 0.000000960. The lowest BCUT2D eigenvalue weighted by atomic mass is 9.87. The van der Waals surface area contributed by atoms with Crippen LogP contribution in [0.2, 0.25) is 5.02 Å². The Morgan fingerprint density at radius 2 is 1.89 bits per heavy atom. The summed E-state index contributed by atoms with van der Waals surface area (Å²) in [5, 5.41) is 20.1. The highest BCUT2D eigenvalue weighted by Gasteiger charge is 2.40. The number of aliphatic hydroxyl groups is 1. The van der Waals surface area contributed by atoms with Gasteiger partial charge in [-0.2, -0.15) is 0 Å². The molecular formula is C25H40ClFN4O5. The zero-order valence-electron chi connectivity index (χ0n) is 21.7. The standard InChI is InChI=1S/C21H31ClFN3O4.C4H9NO/c1-12(2)14(20(29)30)8-18(27)16(24)9-25-10-19(28)26(11-21(25,3)4)17-7-13(23)5-6-15(17)22;1-2-3-4(5)6/h5-7,12,14,16,18,27H,8-11,24H2,1-4H3,(H,29,30);2-3H2,1H3,(H2,5,6). The molecule has 3 unspecified atom stereocenters. The summed E-state index contributed by atoms with van der Waals surface area (Å²) >= 11 is 6.17. The third-order valence-corrected chi connectivity index (χ3v) is 6.59. The van der Waals surface area contributed by atoms with Crippen LogP contribution in [0, 0.1) is 17.7 Å². The summed E-state index contributed by atoms with van der Waals surface area (Å²) < 4.78 is 13.7. The molecule has 36 heavy (non-hydrogen) atoms. The normalized spacial score (nSPS) is 18.3. The largest absolute Gasteiger partial charge is 0.481 e. The highest BCUT2D eigenvalue weighted by molar-refractivity contribution is 6.33. The van der Waals surface area contributed by atoms with Crippen LogP contribution in [0.4, 0.5) is 10.1 Å². The number of aliphatic carboxylic acids is 1. The highest BCUT2D eigenvalue weighted by atomic mass is 35.5. The van der Waals surface area contributed by atoms with E-state index in [0.29, 0.717) is 12.1 Å². The van der Waals surface area contributed by atoms with E-state index in [1.807, 2.05) is 25.7 Å². The van der Waals surface area contributed by atoms with Gasteiger partial charge in [0.05, 0.1) is 29.3 Å². The van der Waals surface area contributed by atoms with Gasteiger partial charge in [-0.25, -0.2) is 4.39 Å². The SMILES string of the molecule is CC(C)C(CC(O)C(N)CN1CC(=O)N(c2cc(F)ccc2Cl)CC1(C)C)C(=O)O.CCCC(N)=O. The molecule has 0 aliphatic carbocycles. The molecule has 1 aromatic carbocycles.